The van der Waals surface area contributed by atoms with Crippen LogP contribution in [0.15, 0.2) is 48.8 Å². The predicted octanol–water partition coefficient (Wildman–Crippen LogP) is 4.63. The Morgan fingerprint density at radius 2 is 1.57 bits per heavy atom. The van der Waals surface area contributed by atoms with Crippen LogP contribution in [0.4, 0.5) is 0 Å². The van der Waals surface area contributed by atoms with Crippen molar-refractivity contribution >= 4 is 0 Å². The van der Waals surface area contributed by atoms with E-state index in [4.69, 9.17) is 0 Å². The van der Waals surface area contributed by atoms with E-state index in [-0.39, 0.29) is 0 Å². The first-order valence-electron chi connectivity index (χ1n) is 9.09. The van der Waals surface area contributed by atoms with Gasteiger partial charge in [-0.3, -0.25) is 4.98 Å². The van der Waals surface area contributed by atoms with Crippen LogP contribution < -0.4 is 5.32 Å². The highest BCUT2D eigenvalue weighted by molar-refractivity contribution is 5.63. The molecule has 1 N–H and O–H groups in total. The molecule has 1 aromatic heterocycles. The number of aromatic nitrogens is 1. The number of benzene rings is 1. The summed E-state index contributed by atoms with van der Waals surface area (Å²) in [5.41, 5.74) is 3.99. The molecule has 2 bridgehead atoms. The first-order valence-corrected chi connectivity index (χ1v) is 9.09. The Morgan fingerprint density at radius 3 is 2.30 bits per heavy atom. The highest BCUT2D eigenvalue weighted by Gasteiger charge is 2.30. The van der Waals surface area contributed by atoms with Crippen LogP contribution in [0.25, 0.3) is 11.1 Å². The molecule has 0 spiro atoms. The van der Waals surface area contributed by atoms with Gasteiger partial charge in [-0.2, -0.15) is 0 Å². The van der Waals surface area contributed by atoms with Crippen molar-refractivity contribution in [1.82, 2.24) is 10.3 Å². The number of nitrogens with one attached hydrogen (secondary N) is 1. The molecule has 120 valence electrons. The third-order valence-electron chi connectivity index (χ3n) is 5.70. The highest BCUT2D eigenvalue weighted by Crippen LogP contribution is 2.42. The first kappa shape index (κ1) is 14.9. The molecule has 0 radical (unpaired) electrons. The second kappa shape index (κ2) is 6.84. The van der Waals surface area contributed by atoms with Crippen molar-refractivity contribution in [2.75, 3.05) is 13.1 Å². The van der Waals surface area contributed by atoms with Crippen LogP contribution in [-0.4, -0.2) is 18.1 Å². The Hall–Kier alpha value is -1.67. The Kier molecular flexibility index (Phi) is 4.43. The largest absolute Gasteiger partial charge is 0.317 e. The van der Waals surface area contributed by atoms with E-state index in [1.807, 2.05) is 6.20 Å². The summed E-state index contributed by atoms with van der Waals surface area (Å²) >= 11 is 0. The van der Waals surface area contributed by atoms with Gasteiger partial charge in [0, 0.05) is 18.0 Å². The molecule has 2 aromatic rings. The van der Waals surface area contributed by atoms with E-state index in [0.29, 0.717) is 5.92 Å². The fourth-order valence-electron chi connectivity index (χ4n) is 4.52. The van der Waals surface area contributed by atoms with Gasteiger partial charge in [-0.25, -0.2) is 0 Å². The monoisotopic (exact) mass is 306 g/mol. The summed E-state index contributed by atoms with van der Waals surface area (Å²) in [7, 11) is 0. The van der Waals surface area contributed by atoms with Crippen molar-refractivity contribution in [3.05, 3.63) is 54.4 Å². The summed E-state index contributed by atoms with van der Waals surface area (Å²) < 4.78 is 0. The smallest absolute Gasteiger partial charge is 0.0346 e. The molecule has 1 aliphatic heterocycles. The summed E-state index contributed by atoms with van der Waals surface area (Å²) in [4.78, 5) is 4.56. The molecule has 4 rings (SSSR count). The average Bonchev–Trinajstić information content (AvgIpc) is 2.61. The van der Waals surface area contributed by atoms with Gasteiger partial charge >= 0.3 is 0 Å². The Bertz CT molecular complexity index is 623. The molecule has 1 aromatic carbocycles. The van der Waals surface area contributed by atoms with E-state index in [0.717, 1.165) is 11.8 Å². The summed E-state index contributed by atoms with van der Waals surface area (Å²) in [5, 5.41) is 3.59. The predicted molar refractivity (Wildman–Crippen MR) is 95.3 cm³/mol. The number of hydrogen-bond donors (Lipinski definition) is 1. The minimum atomic E-state index is 0.702. The molecule has 0 amide bonds. The minimum Gasteiger partial charge on any atom is -0.317 e. The molecule has 2 nitrogen and oxygen atoms in total. The number of rotatable bonds is 2. The topological polar surface area (TPSA) is 24.9 Å². The number of nitrogens with zero attached hydrogens (tertiary/aromatic N) is 1. The highest BCUT2D eigenvalue weighted by atomic mass is 14.8. The second-order valence-electron chi connectivity index (χ2n) is 7.34. The Morgan fingerprint density at radius 1 is 0.826 bits per heavy atom. The van der Waals surface area contributed by atoms with Crippen molar-refractivity contribution in [1.29, 1.82) is 0 Å². The van der Waals surface area contributed by atoms with Crippen LogP contribution in [0.5, 0.6) is 0 Å². The normalized spacial score (nSPS) is 27.9. The molecule has 23 heavy (non-hydrogen) atoms. The van der Waals surface area contributed by atoms with E-state index >= 15 is 0 Å². The third-order valence-corrected chi connectivity index (χ3v) is 5.70. The quantitative estimate of drug-likeness (QED) is 0.875. The maximum absolute atomic E-state index is 4.56. The zero-order valence-electron chi connectivity index (χ0n) is 13.7. The number of hydrogen-bond acceptors (Lipinski definition) is 2. The number of fused-ring (bicyclic) bond motifs is 2. The summed E-state index contributed by atoms with van der Waals surface area (Å²) in [6.45, 7) is 2.40. The lowest BCUT2D eigenvalue weighted by molar-refractivity contribution is 0.202. The van der Waals surface area contributed by atoms with Gasteiger partial charge in [0.1, 0.15) is 0 Å². The van der Waals surface area contributed by atoms with E-state index in [2.05, 4.69) is 52.9 Å². The Labute approximate surface area is 139 Å². The molecule has 2 unspecified atom stereocenters. The van der Waals surface area contributed by atoms with Crippen LogP contribution >= 0.6 is 0 Å². The maximum Gasteiger partial charge on any atom is 0.0346 e. The molecule has 1 aliphatic carbocycles. The zero-order chi connectivity index (χ0) is 15.5. The molecule has 1 saturated carbocycles. The fourth-order valence-corrected chi connectivity index (χ4v) is 4.52. The maximum atomic E-state index is 4.56. The van der Waals surface area contributed by atoms with Gasteiger partial charge in [0.05, 0.1) is 0 Å². The van der Waals surface area contributed by atoms with Crippen molar-refractivity contribution in [3.8, 4) is 11.1 Å². The van der Waals surface area contributed by atoms with Crippen LogP contribution in [0, 0.1) is 11.8 Å². The van der Waals surface area contributed by atoms with Gasteiger partial charge in [0.25, 0.3) is 0 Å². The van der Waals surface area contributed by atoms with Crippen LogP contribution in [0.2, 0.25) is 0 Å². The Balaban J connectivity index is 1.58. The summed E-state index contributed by atoms with van der Waals surface area (Å²) in [6.07, 6.45) is 10.9. The molecule has 2 atom stereocenters. The standard InChI is InChI=1S/C21H26N2/c1-2-4-18(5-3-1)20-13-21(15-23-14-20)19-11-16-6-8-22-9-7-17(10-16)12-19/h1-5,13-17,19,22H,6-12H2. The third kappa shape index (κ3) is 3.48. The second-order valence-corrected chi connectivity index (χ2v) is 7.34. The average molecular weight is 306 g/mol. The molecule has 2 aliphatic rings. The van der Waals surface area contributed by atoms with Crippen molar-refractivity contribution in [3.63, 3.8) is 0 Å². The number of pyridine rings is 1. The van der Waals surface area contributed by atoms with Gasteiger partial charge in [0.2, 0.25) is 0 Å². The van der Waals surface area contributed by atoms with Crippen LogP contribution in [0.1, 0.15) is 43.6 Å². The van der Waals surface area contributed by atoms with Gasteiger partial charge < -0.3 is 5.32 Å². The zero-order valence-corrected chi connectivity index (χ0v) is 13.7. The van der Waals surface area contributed by atoms with Crippen molar-refractivity contribution < 1.29 is 0 Å². The van der Waals surface area contributed by atoms with Crippen molar-refractivity contribution in [2.24, 2.45) is 11.8 Å². The summed E-state index contributed by atoms with van der Waals surface area (Å²) in [6, 6.07) is 13.0. The lowest BCUT2D eigenvalue weighted by Crippen LogP contribution is -2.31. The lowest BCUT2D eigenvalue weighted by atomic mass is 9.70. The van der Waals surface area contributed by atoms with Gasteiger partial charge in [-0.05, 0) is 80.1 Å². The SMILES string of the molecule is c1ccc(-c2cncc(C3CC4CCNCCC(C4)C3)c2)cc1. The molecule has 2 fully saturated rings. The molecular weight excluding hydrogens is 280 g/mol. The first-order chi connectivity index (χ1) is 11.4. The summed E-state index contributed by atoms with van der Waals surface area (Å²) in [5.74, 6) is 2.49. The van der Waals surface area contributed by atoms with Gasteiger partial charge in [-0.15, -0.1) is 0 Å². The molecule has 2 heteroatoms. The van der Waals surface area contributed by atoms with E-state index < -0.39 is 0 Å². The van der Waals surface area contributed by atoms with Crippen LogP contribution in [0.3, 0.4) is 0 Å². The molecule has 1 saturated heterocycles. The van der Waals surface area contributed by atoms with E-state index in [1.165, 1.54) is 61.9 Å². The van der Waals surface area contributed by atoms with E-state index in [1.54, 1.807) is 0 Å². The molecular formula is C21H26N2. The van der Waals surface area contributed by atoms with Gasteiger partial charge in [-0.1, -0.05) is 30.3 Å². The van der Waals surface area contributed by atoms with Crippen molar-refractivity contribution in [2.45, 2.75) is 38.0 Å². The minimum absolute atomic E-state index is 0.702. The molecule has 2 heterocycles. The van der Waals surface area contributed by atoms with E-state index in [9.17, 15) is 0 Å². The lowest BCUT2D eigenvalue weighted by Gasteiger charge is -2.37. The van der Waals surface area contributed by atoms with Crippen LogP contribution in [-0.2, 0) is 0 Å². The fraction of sp³-hybridized carbons (Fsp3) is 0.476. The van der Waals surface area contributed by atoms with Gasteiger partial charge in [0.15, 0.2) is 0 Å².